The first-order chi connectivity index (χ1) is 16.9. The van der Waals surface area contributed by atoms with Crippen LogP contribution >= 0.6 is 0 Å². The zero-order valence-corrected chi connectivity index (χ0v) is 20.1. The van der Waals surface area contributed by atoms with Crippen LogP contribution in [0.15, 0.2) is 0 Å². The summed E-state index contributed by atoms with van der Waals surface area (Å²) in [6.07, 6.45) is -19.7. The molecule has 15 heteroatoms. The third-order valence-corrected chi connectivity index (χ3v) is 6.73. The molecule has 0 bridgehead atoms. The van der Waals surface area contributed by atoms with Crippen LogP contribution in [0.4, 0.5) is 0 Å². The minimum atomic E-state index is -1.78. The van der Waals surface area contributed by atoms with Gasteiger partial charge in [-0.15, -0.1) is 0 Å². The van der Waals surface area contributed by atoms with Gasteiger partial charge in [0, 0.05) is 6.92 Å². The van der Waals surface area contributed by atoms with Crippen LogP contribution in [0.2, 0.25) is 0 Å². The van der Waals surface area contributed by atoms with Gasteiger partial charge in [0.05, 0.1) is 31.5 Å². The van der Waals surface area contributed by atoms with Crippen LogP contribution < -0.4 is 5.32 Å². The summed E-state index contributed by atoms with van der Waals surface area (Å²) in [5, 5.41) is 83.4. The molecule has 0 spiro atoms. The second-order valence-corrected chi connectivity index (χ2v) is 9.37. The summed E-state index contributed by atoms with van der Waals surface area (Å²) in [5.74, 6) is -0.480. The van der Waals surface area contributed by atoms with Crippen molar-refractivity contribution in [1.29, 1.82) is 0 Å². The summed E-state index contributed by atoms with van der Waals surface area (Å²) in [5.41, 5.74) is 0. The van der Waals surface area contributed by atoms with Gasteiger partial charge in [0.2, 0.25) is 5.91 Å². The summed E-state index contributed by atoms with van der Waals surface area (Å²) in [7, 11) is 0. The van der Waals surface area contributed by atoms with E-state index in [9.17, 15) is 45.6 Å². The van der Waals surface area contributed by atoms with E-state index < -0.39 is 111 Å². The van der Waals surface area contributed by atoms with Crippen LogP contribution in [0.25, 0.3) is 0 Å². The number of amides is 1. The molecule has 1 amide bonds. The Morgan fingerprint density at radius 3 is 1.78 bits per heavy atom. The monoisotopic (exact) mass is 527 g/mol. The van der Waals surface area contributed by atoms with E-state index in [1.165, 1.54) is 13.8 Å². The molecule has 0 aliphatic carbocycles. The van der Waals surface area contributed by atoms with Crippen molar-refractivity contribution >= 4 is 5.91 Å². The number of carbonyl (C=O) groups is 1. The minimum absolute atomic E-state index is 0.480. The topological polar surface area (TPSA) is 237 Å². The molecule has 0 saturated carbocycles. The van der Waals surface area contributed by atoms with Gasteiger partial charge in [0.15, 0.2) is 12.6 Å². The summed E-state index contributed by atoms with van der Waals surface area (Å²) in [6.45, 7) is 2.95. The van der Waals surface area contributed by atoms with Gasteiger partial charge in [0.1, 0.15) is 61.0 Å². The fraction of sp³-hybridized carbons (Fsp3) is 0.952. The molecule has 210 valence electrons. The van der Waals surface area contributed by atoms with Gasteiger partial charge < -0.3 is 69.9 Å². The Labute approximate surface area is 207 Å². The first kappa shape index (κ1) is 29.5. The summed E-state index contributed by atoms with van der Waals surface area (Å²) in [6, 6.07) is -0.963. The minimum Gasteiger partial charge on any atom is -0.394 e. The number of hydrogen-bond donors (Lipinski definition) is 9. The summed E-state index contributed by atoms with van der Waals surface area (Å²) >= 11 is 0. The average molecular weight is 528 g/mol. The molecule has 3 aliphatic rings. The fourth-order valence-electron chi connectivity index (χ4n) is 4.64. The molecule has 3 saturated heterocycles. The molecule has 0 aromatic carbocycles. The predicted molar refractivity (Wildman–Crippen MR) is 115 cm³/mol. The van der Waals surface area contributed by atoms with E-state index in [0.29, 0.717) is 0 Å². The van der Waals surface area contributed by atoms with Crippen LogP contribution in [-0.2, 0) is 28.5 Å². The third kappa shape index (κ3) is 5.99. The molecule has 3 heterocycles. The lowest BCUT2D eigenvalue weighted by Gasteiger charge is -2.50. The fourth-order valence-corrected chi connectivity index (χ4v) is 4.64. The molecular weight excluding hydrogens is 490 g/mol. The smallest absolute Gasteiger partial charge is 0.217 e. The van der Waals surface area contributed by atoms with Crippen LogP contribution in [-0.4, -0.2) is 152 Å². The first-order valence-electron chi connectivity index (χ1n) is 11.8. The van der Waals surface area contributed by atoms with E-state index >= 15 is 0 Å². The standard InChI is InChI=1S/C21H37NO14/c1-6-11(22-8(3)25)19(36-20-16(30)14(28)12(26)7(2)33-20)18(10(5-24)32-6)35-21-17(31)15(29)13(27)9(4-23)34-21/h6-7,9-21,23-24,26-31H,4-5H2,1-3H3,(H,22,25)/t6-,7?,9?,10?,11?,12+,13-,14-,15-,16?,17?,18+,19+,20-,21-/m0/s1. The van der Waals surface area contributed by atoms with E-state index in [-0.39, 0.29) is 0 Å². The highest BCUT2D eigenvalue weighted by Gasteiger charge is 2.53. The Kier molecular flexibility index (Phi) is 10.0. The average Bonchev–Trinajstić information content (AvgIpc) is 2.84. The molecule has 3 fully saturated rings. The van der Waals surface area contributed by atoms with E-state index in [4.69, 9.17) is 23.7 Å². The van der Waals surface area contributed by atoms with Crippen molar-refractivity contribution in [2.45, 2.75) is 113 Å². The lowest BCUT2D eigenvalue weighted by molar-refractivity contribution is -0.360. The molecule has 0 aromatic rings. The molecule has 0 radical (unpaired) electrons. The third-order valence-electron chi connectivity index (χ3n) is 6.73. The van der Waals surface area contributed by atoms with Gasteiger partial charge in [-0.05, 0) is 13.8 Å². The molecule has 15 atom stereocenters. The van der Waals surface area contributed by atoms with E-state index in [1.54, 1.807) is 6.92 Å². The Morgan fingerprint density at radius 2 is 1.22 bits per heavy atom. The van der Waals surface area contributed by atoms with E-state index in [1.807, 2.05) is 0 Å². The van der Waals surface area contributed by atoms with Crippen LogP contribution in [0.1, 0.15) is 20.8 Å². The van der Waals surface area contributed by atoms with Crippen molar-refractivity contribution in [3.05, 3.63) is 0 Å². The molecule has 15 nitrogen and oxygen atoms in total. The van der Waals surface area contributed by atoms with Gasteiger partial charge in [0.25, 0.3) is 0 Å². The molecule has 3 rings (SSSR count). The number of ether oxygens (including phenoxy) is 5. The Morgan fingerprint density at radius 1 is 0.694 bits per heavy atom. The van der Waals surface area contributed by atoms with Gasteiger partial charge >= 0.3 is 0 Å². The normalized spacial score (nSPS) is 50.0. The largest absolute Gasteiger partial charge is 0.394 e. The Bertz CT molecular complexity index is 729. The zero-order valence-electron chi connectivity index (χ0n) is 20.1. The maximum Gasteiger partial charge on any atom is 0.217 e. The van der Waals surface area contributed by atoms with E-state index in [0.717, 1.165) is 0 Å². The quantitative estimate of drug-likeness (QED) is 0.150. The number of carbonyl (C=O) groups excluding carboxylic acids is 1. The Balaban J connectivity index is 1.92. The van der Waals surface area contributed by atoms with Crippen LogP contribution in [0, 0.1) is 0 Å². The van der Waals surface area contributed by atoms with E-state index in [2.05, 4.69) is 5.32 Å². The number of nitrogens with one attached hydrogen (secondary N) is 1. The SMILES string of the molecule is CC(=O)NC1[C@H](C)OC(CO)[C@@H](O[C@@H]2OC(CO)[C@H](O)[C@H](O)C2O)[C@@H]1O[C@@H]1OC(C)[C@@H](O)[C@H](O)C1O. The first-order valence-corrected chi connectivity index (χ1v) is 11.8. The van der Waals surface area contributed by atoms with Crippen molar-refractivity contribution < 1.29 is 69.3 Å². The van der Waals surface area contributed by atoms with Gasteiger partial charge in [-0.3, -0.25) is 4.79 Å². The molecule has 9 N–H and O–H groups in total. The highest BCUT2D eigenvalue weighted by atomic mass is 16.7. The van der Waals surface area contributed by atoms with Crippen molar-refractivity contribution in [3.63, 3.8) is 0 Å². The zero-order chi connectivity index (χ0) is 26.9. The second kappa shape index (κ2) is 12.2. The highest BCUT2D eigenvalue weighted by Crippen LogP contribution is 2.33. The molecular formula is C21H37NO14. The van der Waals surface area contributed by atoms with Gasteiger partial charge in [-0.2, -0.15) is 0 Å². The number of aliphatic hydroxyl groups excluding tert-OH is 8. The number of hydrogen-bond acceptors (Lipinski definition) is 14. The lowest BCUT2D eigenvalue weighted by Crippen LogP contribution is -2.69. The van der Waals surface area contributed by atoms with Crippen molar-refractivity contribution in [2.75, 3.05) is 13.2 Å². The molecule has 0 aromatic heterocycles. The second-order valence-electron chi connectivity index (χ2n) is 9.37. The number of rotatable bonds is 7. The maximum atomic E-state index is 11.9. The maximum absolute atomic E-state index is 11.9. The summed E-state index contributed by atoms with van der Waals surface area (Å²) < 4.78 is 28.5. The van der Waals surface area contributed by atoms with Gasteiger partial charge in [-0.25, -0.2) is 0 Å². The van der Waals surface area contributed by atoms with Crippen LogP contribution in [0.3, 0.4) is 0 Å². The summed E-state index contributed by atoms with van der Waals surface area (Å²) in [4.78, 5) is 11.9. The number of aliphatic hydroxyl groups is 8. The lowest BCUT2D eigenvalue weighted by atomic mass is 9.92. The Hall–Kier alpha value is -1.05. The molecule has 6 unspecified atom stereocenters. The van der Waals surface area contributed by atoms with Crippen LogP contribution in [0.5, 0.6) is 0 Å². The van der Waals surface area contributed by atoms with Gasteiger partial charge in [-0.1, -0.05) is 0 Å². The molecule has 3 aliphatic heterocycles. The van der Waals surface area contributed by atoms with Crippen molar-refractivity contribution in [2.24, 2.45) is 0 Å². The van der Waals surface area contributed by atoms with Crippen molar-refractivity contribution in [3.8, 4) is 0 Å². The highest BCUT2D eigenvalue weighted by molar-refractivity contribution is 5.73. The predicted octanol–water partition coefficient (Wildman–Crippen LogP) is -5.33. The molecule has 36 heavy (non-hydrogen) atoms. The van der Waals surface area contributed by atoms with Crippen molar-refractivity contribution in [1.82, 2.24) is 5.32 Å².